The number of nitrogens with zero attached hydrogens (tertiary/aromatic N) is 3. The summed E-state index contributed by atoms with van der Waals surface area (Å²) in [6.45, 7) is 4.11. The third-order valence-electron chi connectivity index (χ3n) is 2.78. The van der Waals surface area contributed by atoms with E-state index in [2.05, 4.69) is 4.98 Å². The van der Waals surface area contributed by atoms with E-state index in [-0.39, 0.29) is 18.3 Å². The Labute approximate surface area is 111 Å². The van der Waals surface area contributed by atoms with Crippen molar-refractivity contribution in [2.45, 2.75) is 18.9 Å². The molecule has 0 N–H and O–H groups in total. The second-order valence-corrected chi connectivity index (χ2v) is 5.66. The van der Waals surface area contributed by atoms with Crippen molar-refractivity contribution in [3.63, 3.8) is 0 Å². The van der Waals surface area contributed by atoms with E-state index in [1.54, 1.807) is 24.0 Å². The van der Waals surface area contributed by atoms with Crippen LogP contribution in [-0.4, -0.2) is 43.6 Å². The average molecular weight is 285 g/mol. The highest BCUT2D eigenvalue weighted by molar-refractivity contribution is 7.89. The first-order valence-corrected chi connectivity index (χ1v) is 7.35. The fourth-order valence-corrected chi connectivity index (χ4v) is 3.26. The zero-order valence-corrected chi connectivity index (χ0v) is 11.6. The molecule has 2 rings (SSSR count). The van der Waals surface area contributed by atoms with E-state index in [0.29, 0.717) is 16.5 Å². The van der Waals surface area contributed by atoms with Gasteiger partial charge in [-0.2, -0.15) is 12.7 Å². The van der Waals surface area contributed by atoms with Crippen LogP contribution < -0.4 is 4.90 Å². The van der Waals surface area contributed by atoms with E-state index in [4.69, 9.17) is 4.74 Å². The summed E-state index contributed by atoms with van der Waals surface area (Å²) in [5, 5.41) is -0.115. The molecule has 0 aliphatic carbocycles. The molecule has 0 aromatic carbocycles. The van der Waals surface area contributed by atoms with Crippen molar-refractivity contribution < 1.29 is 17.9 Å². The third-order valence-corrected chi connectivity index (χ3v) is 4.43. The Morgan fingerprint density at radius 1 is 1.47 bits per heavy atom. The molecule has 0 saturated heterocycles. The number of pyridine rings is 1. The predicted octanol–water partition coefficient (Wildman–Crippen LogP) is 1.03. The normalized spacial score (nSPS) is 16.9. The van der Waals surface area contributed by atoms with Crippen LogP contribution in [0, 0.1) is 0 Å². The van der Waals surface area contributed by atoms with E-state index in [0.717, 1.165) is 0 Å². The number of fused-ring (bicyclic) bond motifs is 1. The molecule has 0 bridgehead atoms. The number of anilines is 1. The number of aromatic nitrogens is 1. The zero-order chi connectivity index (χ0) is 14.0. The van der Waals surface area contributed by atoms with Gasteiger partial charge in [-0.15, -0.1) is 0 Å². The quantitative estimate of drug-likeness (QED) is 0.807. The maximum atomic E-state index is 12.3. The van der Waals surface area contributed by atoms with Crippen LogP contribution in [0.2, 0.25) is 0 Å². The molecular weight excluding hydrogens is 270 g/mol. The van der Waals surface area contributed by atoms with Crippen molar-refractivity contribution in [2.24, 2.45) is 0 Å². The lowest BCUT2D eigenvalue weighted by atomic mass is 10.4. The number of ether oxygens (including phenoxy) is 1. The minimum absolute atomic E-state index is 0.0592. The standard InChI is InChI=1S/C11H15N3O4S/c1-3-13-8-14(11(15)18-4-2)19(16,17)10-9(13)6-5-7-12-10/h5-7H,3-4,8H2,1-2H3. The monoisotopic (exact) mass is 285 g/mol. The summed E-state index contributed by atoms with van der Waals surface area (Å²) in [5.74, 6) is 0. The van der Waals surface area contributed by atoms with Gasteiger partial charge in [0.05, 0.1) is 12.3 Å². The molecule has 8 heteroatoms. The lowest BCUT2D eigenvalue weighted by molar-refractivity contribution is 0.130. The fourth-order valence-electron chi connectivity index (χ4n) is 1.86. The third kappa shape index (κ3) is 2.23. The minimum atomic E-state index is -3.94. The van der Waals surface area contributed by atoms with Crippen LogP contribution in [0.4, 0.5) is 10.5 Å². The molecule has 1 aliphatic rings. The Balaban J connectivity index is 2.50. The summed E-state index contributed by atoms with van der Waals surface area (Å²) in [6, 6.07) is 3.34. The van der Waals surface area contributed by atoms with E-state index in [1.807, 2.05) is 6.92 Å². The molecule has 1 amide bonds. The first-order valence-electron chi connectivity index (χ1n) is 5.91. The van der Waals surface area contributed by atoms with E-state index < -0.39 is 16.1 Å². The van der Waals surface area contributed by atoms with Gasteiger partial charge in [0.25, 0.3) is 10.0 Å². The Morgan fingerprint density at radius 3 is 2.84 bits per heavy atom. The van der Waals surface area contributed by atoms with Crippen LogP contribution in [0.5, 0.6) is 0 Å². The van der Waals surface area contributed by atoms with Crippen LogP contribution in [0.3, 0.4) is 0 Å². The smallest absolute Gasteiger partial charge is 0.425 e. The number of carbonyl (C=O) groups is 1. The van der Waals surface area contributed by atoms with Gasteiger partial charge >= 0.3 is 6.09 Å². The van der Waals surface area contributed by atoms with E-state index >= 15 is 0 Å². The molecule has 1 aromatic rings. The number of hydrogen-bond acceptors (Lipinski definition) is 6. The zero-order valence-electron chi connectivity index (χ0n) is 10.7. The SMILES string of the molecule is CCOC(=O)N1CN(CC)c2cccnc2S1(=O)=O. The van der Waals surface area contributed by atoms with Gasteiger partial charge in [0, 0.05) is 12.7 Å². The van der Waals surface area contributed by atoms with Gasteiger partial charge in [-0.1, -0.05) is 0 Å². The van der Waals surface area contributed by atoms with Crippen molar-refractivity contribution in [1.82, 2.24) is 9.29 Å². The van der Waals surface area contributed by atoms with E-state index in [9.17, 15) is 13.2 Å². The molecule has 0 fully saturated rings. The van der Waals surface area contributed by atoms with Gasteiger partial charge in [-0.05, 0) is 26.0 Å². The van der Waals surface area contributed by atoms with Gasteiger partial charge in [0.1, 0.15) is 6.67 Å². The summed E-state index contributed by atoms with van der Waals surface area (Å²) < 4.78 is 30.1. The maximum Gasteiger partial charge on any atom is 0.425 e. The van der Waals surface area contributed by atoms with Gasteiger partial charge in [0.2, 0.25) is 0 Å². The van der Waals surface area contributed by atoms with Crippen molar-refractivity contribution in [3.05, 3.63) is 18.3 Å². The first kappa shape index (κ1) is 13.6. The molecule has 0 spiro atoms. The van der Waals surface area contributed by atoms with Gasteiger partial charge in [0.15, 0.2) is 5.03 Å². The summed E-state index contributed by atoms with van der Waals surface area (Å²) in [6.07, 6.45) is 0.510. The van der Waals surface area contributed by atoms with Crippen LogP contribution >= 0.6 is 0 Å². The maximum absolute atomic E-state index is 12.3. The molecule has 0 saturated carbocycles. The summed E-state index contributed by atoms with van der Waals surface area (Å²) in [4.78, 5) is 17.4. The second kappa shape index (κ2) is 5.04. The predicted molar refractivity (Wildman–Crippen MR) is 68.2 cm³/mol. The average Bonchev–Trinajstić information content (AvgIpc) is 2.39. The summed E-state index contributed by atoms with van der Waals surface area (Å²) >= 11 is 0. The van der Waals surface area contributed by atoms with Crippen molar-refractivity contribution in [2.75, 3.05) is 24.7 Å². The molecule has 0 unspecified atom stereocenters. The molecule has 0 radical (unpaired) electrons. The van der Waals surface area contributed by atoms with Crippen molar-refractivity contribution in [3.8, 4) is 0 Å². The van der Waals surface area contributed by atoms with E-state index in [1.165, 1.54) is 6.20 Å². The lowest BCUT2D eigenvalue weighted by Gasteiger charge is -2.35. The number of sulfonamides is 1. The number of rotatable bonds is 2. The Kier molecular flexibility index (Phi) is 3.61. The highest BCUT2D eigenvalue weighted by Crippen LogP contribution is 2.31. The molecule has 0 atom stereocenters. The number of hydrogen-bond donors (Lipinski definition) is 0. The Bertz CT molecular complexity index is 587. The van der Waals surface area contributed by atoms with Crippen LogP contribution in [0.25, 0.3) is 0 Å². The first-order chi connectivity index (χ1) is 9.02. The molecule has 1 aromatic heterocycles. The molecule has 1 aliphatic heterocycles. The highest BCUT2D eigenvalue weighted by Gasteiger charge is 2.40. The summed E-state index contributed by atoms with van der Waals surface area (Å²) in [7, 11) is -3.94. The molecule has 19 heavy (non-hydrogen) atoms. The van der Waals surface area contributed by atoms with Crippen LogP contribution in [-0.2, 0) is 14.8 Å². The molecule has 104 valence electrons. The lowest BCUT2D eigenvalue weighted by Crippen LogP contribution is -2.49. The summed E-state index contributed by atoms with van der Waals surface area (Å²) in [5.41, 5.74) is 0.505. The number of carbonyl (C=O) groups excluding carboxylic acids is 1. The second-order valence-electron chi connectivity index (χ2n) is 3.88. The molecule has 2 heterocycles. The van der Waals surface area contributed by atoms with Crippen LogP contribution in [0.15, 0.2) is 23.4 Å². The molecular formula is C11H15N3O4S. The van der Waals surface area contributed by atoms with Gasteiger partial charge in [-0.25, -0.2) is 9.78 Å². The van der Waals surface area contributed by atoms with Gasteiger partial charge < -0.3 is 9.64 Å². The van der Waals surface area contributed by atoms with Crippen molar-refractivity contribution in [1.29, 1.82) is 0 Å². The fraction of sp³-hybridized carbons (Fsp3) is 0.455. The van der Waals surface area contributed by atoms with Gasteiger partial charge in [-0.3, -0.25) is 0 Å². The van der Waals surface area contributed by atoms with Crippen LogP contribution in [0.1, 0.15) is 13.8 Å². The molecule has 7 nitrogen and oxygen atoms in total. The highest BCUT2D eigenvalue weighted by atomic mass is 32.2. The number of amides is 1. The minimum Gasteiger partial charge on any atom is -0.449 e. The van der Waals surface area contributed by atoms with Crippen molar-refractivity contribution >= 4 is 21.8 Å². The largest absolute Gasteiger partial charge is 0.449 e. The Hall–Kier alpha value is -1.83. The Morgan fingerprint density at radius 2 is 2.21 bits per heavy atom. The topological polar surface area (TPSA) is 79.8 Å².